The standard InChI is InChI=1S/C15H12BrClN2O2/c16-12-2-1-3-14(8-12)19-15(20)10-21-18-9-11-4-6-13(17)7-5-11/h1-9H,10H2,(H,19,20)/b18-9-. The van der Waals surface area contributed by atoms with Crippen molar-refractivity contribution in [3.63, 3.8) is 0 Å². The molecular weight excluding hydrogens is 356 g/mol. The number of anilines is 1. The second-order valence-corrected chi connectivity index (χ2v) is 5.47. The van der Waals surface area contributed by atoms with Gasteiger partial charge in [0.2, 0.25) is 0 Å². The van der Waals surface area contributed by atoms with Gasteiger partial charge in [-0.15, -0.1) is 0 Å². The molecule has 0 radical (unpaired) electrons. The highest BCUT2D eigenvalue weighted by molar-refractivity contribution is 9.10. The fourth-order valence-corrected chi connectivity index (χ4v) is 2.03. The molecule has 6 heteroatoms. The van der Waals surface area contributed by atoms with E-state index in [0.29, 0.717) is 10.7 Å². The Labute approximate surface area is 135 Å². The largest absolute Gasteiger partial charge is 0.386 e. The molecule has 0 saturated carbocycles. The van der Waals surface area contributed by atoms with E-state index in [9.17, 15) is 4.79 Å². The van der Waals surface area contributed by atoms with Gasteiger partial charge in [0.15, 0.2) is 6.61 Å². The average Bonchev–Trinajstić information content (AvgIpc) is 2.45. The molecule has 2 aromatic rings. The molecule has 4 nitrogen and oxygen atoms in total. The van der Waals surface area contributed by atoms with Crippen molar-refractivity contribution >= 4 is 45.3 Å². The molecule has 1 N–H and O–H groups in total. The number of nitrogens with one attached hydrogen (secondary N) is 1. The maximum Gasteiger partial charge on any atom is 0.265 e. The normalized spacial score (nSPS) is 10.6. The molecule has 0 heterocycles. The minimum absolute atomic E-state index is 0.156. The summed E-state index contributed by atoms with van der Waals surface area (Å²) in [6.45, 7) is -0.156. The Morgan fingerprint density at radius 3 is 2.76 bits per heavy atom. The fraction of sp³-hybridized carbons (Fsp3) is 0.0667. The Morgan fingerprint density at radius 2 is 2.05 bits per heavy atom. The van der Waals surface area contributed by atoms with Crippen LogP contribution in [0.3, 0.4) is 0 Å². The second-order valence-electron chi connectivity index (χ2n) is 4.12. The lowest BCUT2D eigenvalue weighted by molar-refractivity contribution is -0.120. The Hall–Kier alpha value is -1.85. The van der Waals surface area contributed by atoms with Crippen molar-refractivity contribution in [1.29, 1.82) is 0 Å². The lowest BCUT2D eigenvalue weighted by Gasteiger charge is -2.04. The number of oxime groups is 1. The number of hydrogen-bond acceptors (Lipinski definition) is 3. The molecule has 2 aromatic carbocycles. The summed E-state index contributed by atoms with van der Waals surface area (Å²) >= 11 is 9.10. The van der Waals surface area contributed by atoms with Crippen molar-refractivity contribution in [3.8, 4) is 0 Å². The maximum atomic E-state index is 11.6. The molecule has 0 atom stereocenters. The van der Waals surface area contributed by atoms with E-state index in [1.54, 1.807) is 36.4 Å². The molecule has 0 unspecified atom stereocenters. The molecule has 0 aliphatic carbocycles. The molecule has 21 heavy (non-hydrogen) atoms. The van der Waals surface area contributed by atoms with Crippen LogP contribution in [0.1, 0.15) is 5.56 Å². The predicted octanol–water partition coefficient (Wildman–Crippen LogP) is 4.09. The van der Waals surface area contributed by atoms with E-state index < -0.39 is 0 Å². The number of hydrogen-bond donors (Lipinski definition) is 1. The topological polar surface area (TPSA) is 50.7 Å². The quantitative estimate of drug-likeness (QED) is 0.639. The molecule has 0 bridgehead atoms. The van der Waals surface area contributed by atoms with E-state index in [1.807, 2.05) is 12.1 Å². The first-order valence-electron chi connectivity index (χ1n) is 6.10. The number of nitrogens with zero attached hydrogens (tertiary/aromatic N) is 1. The Bertz CT molecular complexity index is 644. The van der Waals surface area contributed by atoms with E-state index >= 15 is 0 Å². The zero-order chi connectivity index (χ0) is 15.1. The van der Waals surface area contributed by atoms with Crippen LogP contribution in [-0.2, 0) is 9.63 Å². The Kier molecular flexibility index (Phi) is 5.78. The number of benzene rings is 2. The van der Waals surface area contributed by atoms with Crippen molar-refractivity contribution in [2.45, 2.75) is 0 Å². The molecule has 108 valence electrons. The minimum Gasteiger partial charge on any atom is -0.386 e. The van der Waals surface area contributed by atoms with Gasteiger partial charge in [-0.3, -0.25) is 4.79 Å². The third kappa shape index (κ3) is 5.57. The number of halogens is 2. The van der Waals surface area contributed by atoms with Crippen LogP contribution in [0.4, 0.5) is 5.69 Å². The van der Waals surface area contributed by atoms with Crippen LogP contribution < -0.4 is 5.32 Å². The average molecular weight is 368 g/mol. The van der Waals surface area contributed by atoms with Crippen molar-refractivity contribution < 1.29 is 9.63 Å². The van der Waals surface area contributed by atoms with Gasteiger partial charge in [-0.2, -0.15) is 0 Å². The molecule has 0 spiro atoms. The monoisotopic (exact) mass is 366 g/mol. The van der Waals surface area contributed by atoms with Crippen LogP contribution in [-0.4, -0.2) is 18.7 Å². The van der Waals surface area contributed by atoms with Crippen LogP contribution in [0.5, 0.6) is 0 Å². The van der Waals surface area contributed by atoms with Gasteiger partial charge in [-0.1, -0.05) is 50.9 Å². The summed E-state index contributed by atoms with van der Waals surface area (Å²) in [5, 5.41) is 7.09. The van der Waals surface area contributed by atoms with Gasteiger partial charge in [-0.05, 0) is 35.9 Å². The van der Waals surface area contributed by atoms with E-state index in [1.165, 1.54) is 6.21 Å². The second kappa shape index (κ2) is 7.81. The maximum absolute atomic E-state index is 11.6. The van der Waals surface area contributed by atoms with Gasteiger partial charge in [-0.25, -0.2) is 0 Å². The van der Waals surface area contributed by atoms with Gasteiger partial charge in [0, 0.05) is 15.2 Å². The van der Waals surface area contributed by atoms with Gasteiger partial charge in [0.1, 0.15) is 0 Å². The molecular formula is C15H12BrClN2O2. The van der Waals surface area contributed by atoms with Crippen molar-refractivity contribution in [2.75, 3.05) is 11.9 Å². The van der Waals surface area contributed by atoms with E-state index in [0.717, 1.165) is 10.0 Å². The summed E-state index contributed by atoms with van der Waals surface area (Å²) in [5.74, 6) is -0.277. The molecule has 0 aliphatic heterocycles. The van der Waals surface area contributed by atoms with Crippen molar-refractivity contribution in [3.05, 3.63) is 63.6 Å². The van der Waals surface area contributed by atoms with Gasteiger partial charge in [0.25, 0.3) is 5.91 Å². The first-order chi connectivity index (χ1) is 10.1. The Morgan fingerprint density at radius 1 is 1.29 bits per heavy atom. The van der Waals surface area contributed by atoms with Gasteiger partial charge in [0.05, 0.1) is 6.21 Å². The summed E-state index contributed by atoms with van der Waals surface area (Å²) in [5.41, 5.74) is 1.53. The lowest BCUT2D eigenvalue weighted by Crippen LogP contribution is -2.16. The summed E-state index contributed by atoms with van der Waals surface area (Å²) < 4.78 is 0.891. The van der Waals surface area contributed by atoms with Crippen LogP contribution >= 0.6 is 27.5 Å². The third-order valence-corrected chi connectivity index (χ3v) is 3.20. The van der Waals surface area contributed by atoms with Crippen molar-refractivity contribution in [2.24, 2.45) is 5.16 Å². The molecule has 0 saturated heterocycles. The van der Waals surface area contributed by atoms with Crippen LogP contribution in [0.15, 0.2) is 58.2 Å². The van der Waals surface area contributed by atoms with Crippen LogP contribution in [0, 0.1) is 0 Å². The number of carbonyl (C=O) groups is 1. The number of amides is 1. The third-order valence-electron chi connectivity index (χ3n) is 2.45. The van der Waals surface area contributed by atoms with Crippen LogP contribution in [0.25, 0.3) is 0 Å². The summed E-state index contributed by atoms with van der Waals surface area (Å²) in [6.07, 6.45) is 1.52. The van der Waals surface area contributed by atoms with Crippen LogP contribution in [0.2, 0.25) is 5.02 Å². The zero-order valence-corrected chi connectivity index (χ0v) is 13.3. The molecule has 0 fully saturated rings. The predicted molar refractivity (Wildman–Crippen MR) is 87.8 cm³/mol. The fourth-order valence-electron chi connectivity index (χ4n) is 1.51. The van der Waals surface area contributed by atoms with Gasteiger partial charge >= 0.3 is 0 Å². The molecule has 2 rings (SSSR count). The van der Waals surface area contributed by atoms with E-state index in [2.05, 4.69) is 26.4 Å². The molecule has 0 aliphatic rings. The highest BCUT2D eigenvalue weighted by Crippen LogP contribution is 2.15. The van der Waals surface area contributed by atoms with Crippen molar-refractivity contribution in [1.82, 2.24) is 0 Å². The summed E-state index contributed by atoms with van der Waals surface area (Å²) in [6, 6.07) is 14.4. The lowest BCUT2D eigenvalue weighted by atomic mass is 10.2. The summed E-state index contributed by atoms with van der Waals surface area (Å²) in [7, 11) is 0. The Balaban J connectivity index is 1.78. The first-order valence-corrected chi connectivity index (χ1v) is 7.27. The first kappa shape index (κ1) is 15.5. The highest BCUT2D eigenvalue weighted by Gasteiger charge is 2.02. The number of carbonyl (C=O) groups excluding carboxylic acids is 1. The SMILES string of the molecule is O=C(CO/N=C\c1ccc(Cl)cc1)Nc1cccc(Br)c1. The number of rotatable bonds is 5. The smallest absolute Gasteiger partial charge is 0.265 e. The zero-order valence-electron chi connectivity index (χ0n) is 10.9. The van der Waals surface area contributed by atoms with E-state index in [4.69, 9.17) is 16.4 Å². The summed E-state index contributed by atoms with van der Waals surface area (Å²) in [4.78, 5) is 16.6. The molecule has 0 aromatic heterocycles. The molecule has 1 amide bonds. The minimum atomic E-state index is -0.277. The van der Waals surface area contributed by atoms with Gasteiger partial charge < -0.3 is 10.2 Å². The van der Waals surface area contributed by atoms with E-state index in [-0.39, 0.29) is 12.5 Å². The highest BCUT2D eigenvalue weighted by atomic mass is 79.9.